The smallest absolute Gasteiger partial charge is 0.244 e. The van der Waals surface area contributed by atoms with E-state index in [2.05, 4.69) is 5.32 Å². The first-order valence-corrected chi connectivity index (χ1v) is 15.7. The fraction of sp³-hybridized carbons (Fsp3) is 0.333. The van der Waals surface area contributed by atoms with Crippen LogP contribution in [0.4, 0.5) is 5.69 Å². The Kier molecular flexibility index (Phi) is 11.4. The highest BCUT2D eigenvalue weighted by atomic mass is 35.5. The highest BCUT2D eigenvalue weighted by Crippen LogP contribution is 2.25. The molecule has 0 spiro atoms. The van der Waals surface area contributed by atoms with Crippen LogP contribution < -0.4 is 9.62 Å². The summed E-state index contributed by atoms with van der Waals surface area (Å²) in [4.78, 5) is 29.1. The van der Waals surface area contributed by atoms with E-state index in [1.807, 2.05) is 44.2 Å². The number of benzene rings is 3. The van der Waals surface area contributed by atoms with Crippen molar-refractivity contribution in [3.63, 3.8) is 0 Å². The maximum atomic E-state index is 14.0. The molecule has 0 saturated heterocycles. The van der Waals surface area contributed by atoms with Gasteiger partial charge >= 0.3 is 0 Å². The second kappa shape index (κ2) is 14.5. The molecule has 0 saturated carbocycles. The van der Waals surface area contributed by atoms with Gasteiger partial charge in [-0.05, 0) is 48.7 Å². The molecule has 1 N–H and O–H groups in total. The van der Waals surface area contributed by atoms with Gasteiger partial charge in [0.05, 0.1) is 22.0 Å². The number of carbonyl (C=O) groups excluding carboxylic acids is 2. The molecule has 2 amide bonds. The second-order valence-corrected chi connectivity index (χ2v) is 12.4. The lowest BCUT2D eigenvalue weighted by atomic mass is 10.0. The molecule has 1 atom stereocenters. The van der Waals surface area contributed by atoms with Crippen LogP contribution in [0.5, 0.6) is 0 Å². The first-order valence-electron chi connectivity index (χ1n) is 13.1. The van der Waals surface area contributed by atoms with E-state index in [1.54, 1.807) is 42.5 Å². The second-order valence-electron chi connectivity index (χ2n) is 9.73. The van der Waals surface area contributed by atoms with Crippen LogP contribution in [0.15, 0.2) is 72.8 Å². The van der Waals surface area contributed by atoms with E-state index in [9.17, 15) is 18.0 Å². The number of nitrogens with one attached hydrogen (secondary N) is 1. The minimum Gasteiger partial charge on any atom is -0.354 e. The number of carbonyl (C=O) groups is 2. The molecule has 7 nitrogen and oxygen atoms in total. The van der Waals surface area contributed by atoms with E-state index in [-0.39, 0.29) is 18.9 Å². The first-order chi connectivity index (χ1) is 19.0. The Morgan fingerprint density at radius 2 is 1.60 bits per heavy atom. The molecule has 0 heterocycles. The summed E-state index contributed by atoms with van der Waals surface area (Å²) < 4.78 is 26.7. The van der Waals surface area contributed by atoms with Gasteiger partial charge in [-0.15, -0.1) is 0 Å². The van der Waals surface area contributed by atoms with Crippen molar-refractivity contribution in [2.75, 3.05) is 23.7 Å². The number of hydrogen-bond acceptors (Lipinski definition) is 4. The van der Waals surface area contributed by atoms with E-state index in [0.717, 1.165) is 34.5 Å². The Morgan fingerprint density at radius 3 is 2.20 bits per heavy atom. The number of hydrogen-bond donors (Lipinski definition) is 1. The van der Waals surface area contributed by atoms with Crippen LogP contribution in [0.25, 0.3) is 0 Å². The number of nitrogens with zero attached hydrogens (tertiary/aromatic N) is 2. The number of anilines is 1. The molecular formula is C30H35Cl2N3O4S. The zero-order valence-corrected chi connectivity index (χ0v) is 25.3. The number of aryl methyl sites for hydroxylation is 1. The first kappa shape index (κ1) is 31.5. The van der Waals surface area contributed by atoms with Crippen LogP contribution in [-0.2, 0) is 32.6 Å². The standard InChI is InChI=1S/C30H35Cl2N3O4S/c1-4-5-17-33-30(37)28(19-23-9-7-6-8-10-23)34(20-24-13-16-26(31)27(32)18-24)29(36)21-35(40(3,38)39)25-14-11-22(2)12-15-25/h6-16,18,28H,4-5,17,19-21H2,1-3H3,(H,33,37). The van der Waals surface area contributed by atoms with E-state index in [4.69, 9.17) is 23.2 Å². The van der Waals surface area contributed by atoms with Gasteiger partial charge < -0.3 is 10.2 Å². The molecular weight excluding hydrogens is 569 g/mol. The molecule has 0 aliphatic heterocycles. The van der Waals surface area contributed by atoms with Crippen LogP contribution >= 0.6 is 23.2 Å². The topological polar surface area (TPSA) is 86.8 Å². The third kappa shape index (κ3) is 8.98. The summed E-state index contributed by atoms with van der Waals surface area (Å²) in [5.74, 6) is -0.837. The van der Waals surface area contributed by atoms with Gasteiger partial charge in [-0.25, -0.2) is 8.42 Å². The van der Waals surface area contributed by atoms with Crippen molar-refractivity contribution >= 4 is 50.7 Å². The van der Waals surface area contributed by atoms with Crippen LogP contribution in [0.1, 0.15) is 36.5 Å². The van der Waals surface area contributed by atoms with Crippen molar-refractivity contribution in [3.8, 4) is 0 Å². The van der Waals surface area contributed by atoms with Crippen molar-refractivity contribution < 1.29 is 18.0 Å². The Bertz CT molecular complexity index is 1400. The zero-order chi connectivity index (χ0) is 29.3. The number of sulfonamides is 1. The third-order valence-corrected chi connectivity index (χ3v) is 8.32. The van der Waals surface area contributed by atoms with Crippen LogP contribution in [0.3, 0.4) is 0 Å². The van der Waals surface area contributed by atoms with Gasteiger partial charge in [0.2, 0.25) is 21.8 Å². The Hall–Kier alpha value is -3.07. The van der Waals surface area contributed by atoms with Crippen LogP contribution in [0, 0.1) is 6.92 Å². The number of rotatable bonds is 13. The van der Waals surface area contributed by atoms with Gasteiger partial charge in [0, 0.05) is 19.5 Å². The van der Waals surface area contributed by atoms with Gasteiger partial charge in [-0.1, -0.05) is 90.6 Å². The minimum absolute atomic E-state index is 0.0277. The maximum Gasteiger partial charge on any atom is 0.244 e. The summed E-state index contributed by atoms with van der Waals surface area (Å²) in [6.07, 6.45) is 2.99. The maximum absolute atomic E-state index is 14.0. The van der Waals surface area contributed by atoms with Gasteiger partial charge in [-0.3, -0.25) is 13.9 Å². The van der Waals surface area contributed by atoms with Gasteiger partial charge in [0.15, 0.2) is 0 Å². The molecule has 1 unspecified atom stereocenters. The van der Waals surface area contributed by atoms with Gasteiger partial charge in [0.25, 0.3) is 0 Å². The van der Waals surface area contributed by atoms with E-state index in [1.165, 1.54) is 4.90 Å². The Balaban J connectivity index is 2.04. The molecule has 40 heavy (non-hydrogen) atoms. The molecule has 214 valence electrons. The Labute approximate surface area is 247 Å². The largest absolute Gasteiger partial charge is 0.354 e. The average molecular weight is 605 g/mol. The fourth-order valence-electron chi connectivity index (χ4n) is 4.22. The molecule has 10 heteroatoms. The summed E-state index contributed by atoms with van der Waals surface area (Å²) >= 11 is 12.4. The lowest BCUT2D eigenvalue weighted by Crippen LogP contribution is -2.53. The molecule has 0 radical (unpaired) electrons. The predicted octanol–water partition coefficient (Wildman–Crippen LogP) is 5.62. The van der Waals surface area contributed by atoms with Crippen LogP contribution in [0.2, 0.25) is 10.0 Å². The zero-order valence-electron chi connectivity index (χ0n) is 22.9. The van der Waals surface area contributed by atoms with E-state index in [0.29, 0.717) is 27.8 Å². The lowest BCUT2D eigenvalue weighted by molar-refractivity contribution is -0.140. The monoisotopic (exact) mass is 603 g/mol. The van der Waals surface area contributed by atoms with Crippen molar-refractivity contribution in [1.82, 2.24) is 10.2 Å². The molecule has 3 aromatic rings. The highest BCUT2D eigenvalue weighted by Gasteiger charge is 2.33. The van der Waals surface area contributed by atoms with Crippen LogP contribution in [-0.4, -0.2) is 50.5 Å². The summed E-state index contributed by atoms with van der Waals surface area (Å²) in [6.45, 7) is 3.94. The molecule has 0 aromatic heterocycles. The normalized spacial score (nSPS) is 12.0. The van der Waals surface area contributed by atoms with Crippen molar-refractivity contribution in [2.24, 2.45) is 0 Å². The predicted molar refractivity (Wildman–Crippen MR) is 162 cm³/mol. The highest BCUT2D eigenvalue weighted by molar-refractivity contribution is 7.92. The molecule has 3 aromatic carbocycles. The lowest BCUT2D eigenvalue weighted by Gasteiger charge is -2.33. The summed E-state index contributed by atoms with van der Waals surface area (Å²) in [5, 5.41) is 3.64. The molecule has 3 rings (SSSR count). The number of halogens is 2. The van der Waals surface area contributed by atoms with E-state index < -0.39 is 28.5 Å². The minimum atomic E-state index is -3.82. The van der Waals surface area contributed by atoms with E-state index >= 15 is 0 Å². The molecule has 0 bridgehead atoms. The van der Waals surface area contributed by atoms with Crippen molar-refractivity contribution in [2.45, 2.75) is 45.7 Å². The van der Waals surface area contributed by atoms with Gasteiger partial charge in [-0.2, -0.15) is 0 Å². The fourth-order valence-corrected chi connectivity index (χ4v) is 5.39. The molecule has 0 aliphatic carbocycles. The van der Waals surface area contributed by atoms with Crippen molar-refractivity contribution in [1.29, 1.82) is 0 Å². The number of amides is 2. The third-order valence-electron chi connectivity index (χ3n) is 6.44. The number of unbranched alkanes of at least 4 members (excludes halogenated alkanes) is 1. The molecule has 0 fully saturated rings. The summed E-state index contributed by atoms with van der Waals surface area (Å²) in [6, 6.07) is 20.4. The SMILES string of the molecule is CCCCNC(=O)C(Cc1ccccc1)N(Cc1ccc(Cl)c(Cl)c1)C(=O)CN(c1ccc(C)cc1)S(C)(=O)=O. The van der Waals surface area contributed by atoms with Gasteiger partial charge in [0.1, 0.15) is 12.6 Å². The average Bonchev–Trinajstić information content (AvgIpc) is 2.91. The molecule has 0 aliphatic rings. The Morgan fingerprint density at radius 1 is 0.925 bits per heavy atom. The summed E-state index contributed by atoms with van der Waals surface area (Å²) in [5.41, 5.74) is 2.84. The quantitative estimate of drug-likeness (QED) is 0.257. The summed E-state index contributed by atoms with van der Waals surface area (Å²) in [7, 11) is -3.82. The van der Waals surface area contributed by atoms with Crippen molar-refractivity contribution in [3.05, 3.63) is 99.5 Å².